The summed E-state index contributed by atoms with van der Waals surface area (Å²) in [6, 6.07) is 4.01. The molecule has 0 aliphatic carbocycles. The van der Waals surface area contributed by atoms with Crippen molar-refractivity contribution in [2.24, 2.45) is 0 Å². The number of hydrogen-bond acceptors (Lipinski definition) is 4. The predicted molar refractivity (Wildman–Crippen MR) is 60.6 cm³/mol. The zero-order chi connectivity index (χ0) is 11.8. The third kappa shape index (κ3) is 2.12. The standard InChI is InChI=1S/C10H8FNO2S2/c1-16(13,14)9-3-2-7(6-8(9)11)10-12-4-5-15-10/h2-6H,1H3. The summed E-state index contributed by atoms with van der Waals surface area (Å²) >= 11 is 1.37. The van der Waals surface area contributed by atoms with Gasteiger partial charge in [0.1, 0.15) is 15.7 Å². The summed E-state index contributed by atoms with van der Waals surface area (Å²) in [5.74, 6) is -0.741. The summed E-state index contributed by atoms with van der Waals surface area (Å²) in [6.45, 7) is 0. The van der Waals surface area contributed by atoms with Crippen molar-refractivity contribution in [3.8, 4) is 10.6 Å². The van der Waals surface area contributed by atoms with Gasteiger partial charge in [0.05, 0.1) is 0 Å². The van der Waals surface area contributed by atoms with Gasteiger partial charge in [0.15, 0.2) is 9.84 Å². The highest BCUT2D eigenvalue weighted by atomic mass is 32.2. The minimum Gasteiger partial charge on any atom is -0.245 e. The van der Waals surface area contributed by atoms with E-state index in [0.717, 1.165) is 6.26 Å². The molecule has 6 heteroatoms. The summed E-state index contributed by atoms with van der Waals surface area (Å²) in [5.41, 5.74) is 0.583. The molecule has 0 atom stereocenters. The van der Waals surface area contributed by atoms with E-state index in [2.05, 4.69) is 4.98 Å². The summed E-state index contributed by atoms with van der Waals surface area (Å²) in [5, 5.41) is 2.44. The van der Waals surface area contributed by atoms with Crippen LogP contribution in [0.1, 0.15) is 0 Å². The summed E-state index contributed by atoms with van der Waals surface area (Å²) < 4.78 is 35.9. The van der Waals surface area contributed by atoms with Crippen LogP contribution in [0.2, 0.25) is 0 Å². The first-order chi connectivity index (χ1) is 7.48. The van der Waals surface area contributed by atoms with Crippen LogP contribution < -0.4 is 0 Å². The largest absolute Gasteiger partial charge is 0.245 e. The Bertz CT molecular complexity index is 606. The fraction of sp³-hybridized carbons (Fsp3) is 0.100. The molecule has 0 saturated heterocycles. The van der Waals surface area contributed by atoms with Crippen molar-refractivity contribution in [2.45, 2.75) is 4.90 Å². The van der Waals surface area contributed by atoms with Crippen molar-refractivity contribution in [2.75, 3.05) is 6.26 Å². The second-order valence-corrected chi connectivity index (χ2v) is 6.13. The average Bonchev–Trinajstić information content (AvgIpc) is 2.68. The monoisotopic (exact) mass is 257 g/mol. The van der Waals surface area contributed by atoms with E-state index in [1.165, 1.54) is 23.5 Å². The van der Waals surface area contributed by atoms with E-state index in [0.29, 0.717) is 10.6 Å². The fourth-order valence-electron chi connectivity index (χ4n) is 1.30. The van der Waals surface area contributed by atoms with Crippen LogP contribution in [0.3, 0.4) is 0 Å². The van der Waals surface area contributed by atoms with E-state index in [1.807, 2.05) is 0 Å². The summed E-state index contributed by atoms with van der Waals surface area (Å²) in [6.07, 6.45) is 2.59. The van der Waals surface area contributed by atoms with Crippen molar-refractivity contribution in [1.29, 1.82) is 0 Å². The highest BCUT2D eigenvalue weighted by Crippen LogP contribution is 2.25. The molecule has 0 spiro atoms. The van der Waals surface area contributed by atoms with Crippen LogP contribution in [0.4, 0.5) is 4.39 Å². The van der Waals surface area contributed by atoms with Gasteiger partial charge in [0.2, 0.25) is 0 Å². The molecule has 3 nitrogen and oxygen atoms in total. The molecule has 0 aliphatic heterocycles. The molecule has 0 bridgehead atoms. The van der Waals surface area contributed by atoms with Crippen molar-refractivity contribution in [1.82, 2.24) is 4.98 Å². The third-order valence-corrected chi connectivity index (χ3v) is 3.96. The minimum absolute atomic E-state index is 0.284. The Kier molecular flexibility index (Phi) is 2.77. The zero-order valence-corrected chi connectivity index (χ0v) is 9.98. The Morgan fingerprint density at radius 1 is 1.38 bits per heavy atom. The first-order valence-corrected chi connectivity index (χ1v) is 7.15. The van der Waals surface area contributed by atoms with Crippen LogP contribution in [0.25, 0.3) is 10.6 Å². The lowest BCUT2D eigenvalue weighted by molar-refractivity contribution is 0.571. The van der Waals surface area contributed by atoms with Crippen LogP contribution in [0.5, 0.6) is 0 Å². The fourth-order valence-corrected chi connectivity index (χ4v) is 2.66. The normalized spacial score (nSPS) is 11.6. The second kappa shape index (κ2) is 3.95. The molecular formula is C10H8FNO2S2. The number of aromatic nitrogens is 1. The molecule has 1 heterocycles. The van der Waals surface area contributed by atoms with Crippen LogP contribution in [-0.2, 0) is 9.84 Å². The number of rotatable bonds is 2. The molecule has 1 aromatic heterocycles. The topological polar surface area (TPSA) is 47.0 Å². The van der Waals surface area contributed by atoms with Gasteiger partial charge in [-0.3, -0.25) is 0 Å². The molecule has 84 valence electrons. The van der Waals surface area contributed by atoms with Gasteiger partial charge in [-0.2, -0.15) is 0 Å². The summed E-state index contributed by atoms with van der Waals surface area (Å²) in [7, 11) is -3.51. The molecule has 2 aromatic rings. The third-order valence-electron chi connectivity index (χ3n) is 2.01. The van der Waals surface area contributed by atoms with Gasteiger partial charge < -0.3 is 0 Å². The van der Waals surface area contributed by atoms with Crippen LogP contribution >= 0.6 is 11.3 Å². The predicted octanol–water partition coefficient (Wildman–Crippen LogP) is 2.35. The quantitative estimate of drug-likeness (QED) is 0.829. The lowest BCUT2D eigenvalue weighted by Gasteiger charge is -2.02. The van der Waals surface area contributed by atoms with Gasteiger partial charge in [-0.1, -0.05) is 6.07 Å². The van der Waals surface area contributed by atoms with E-state index in [4.69, 9.17) is 0 Å². The number of sulfone groups is 1. The molecule has 0 amide bonds. The molecule has 0 fully saturated rings. The first-order valence-electron chi connectivity index (χ1n) is 4.38. The zero-order valence-electron chi connectivity index (χ0n) is 8.34. The number of halogens is 1. The van der Waals surface area contributed by atoms with Crippen molar-refractivity contribution < 1.29 is 12.8 Å². The van der Waals surface area contributed by atoms with Crippen molar-refractivity contribution in [3.05, 3.63) is 35.6 Å². The Morgan fingerprint density at radius 3 is 2.62 bits per heavy atom. The number of nitrogens with zero attached hydrogens (tertiary/aromatic N) is 1. The maximum atomic E-state index is 13.5. The highest BCUT2D eigenvalue weighted by molar-refractivity contribution is 7.90. The minimum atomic E-state index is -3.51. The number of hydrogen-bond donors (Lipinski definition) is 0. The van der Waals surface area contributed by atoms with Gasteiger partial charge in [-0.25, -0.2) is 17.8 Å². The Hall–Kier alpha value is -1.27. The maximum absolute atomic E-state index is 13.5. The smallest absolute Gasteiger partial charge is 0.178 e. The molecule has 2 rings (SSSR count). The molecule has 0 aliphatic rings. The van der Waals surface area contributed by atoms with Gasteiger partial charge >= 0.3 is 0 Å². The van der Waals surface area contributed by atoms with E-state index in [-0.39, 0.29) is 4.90 Å². The van der Waals surface area contributed by atoms with Crippen molar-refractivity contribution in [3.63, 3.8) is 0 Å². The molecule has 0 radical (unpaired) electrons. The van der Waals surface area contributed by atoms with E-state index in [1.54, 1.807) is 17.6 Å². The molecular weight excluding hydrogens is 249 g/mol. The van der Waals surface area contributed by atoms with Crippen LogP contribution in [-0.4, -0.2) is 19.7 Å². The molecule has 16 heavy (non-hydrogen) atoms. The number of thiazole rings is 1. The average molecular weight is 257 g/mol. The van der Waals surface area contributed by atoms with Gasteiger partial charge in [0.25, 0.3) is 0 Å². The lowest BCUT2D eigenvalue weighted by atomic mass is 10.2. The number of benzene rings is 1. The summed E-state index contributed by atoms with van der Waals surface area (Å²) in [4.78, 5) is 3.74. The molecule has 1 aromatic carbocycles. The second-order valence-electron chi connectivity index (χ2n) is 3.25. The Balaban J connectivity index is 2.53. The Morgan fingerprint density at radius 2 is 2.12 bits per heavy atom. The van der Waals surface area contributed by atoms with E-state index >= 15 is 0 Å². The van der Waals surface area contributed by atoms with Crippen molar-refractivity contribution >= 4 is 21.2 Å². The van der Waals surface area contributed by atoms with E-state index in [9.17, 15) is 12.8 Å². The maximum Gasteiger partial charge on any atom is 0.178 e. The van der Waals surface area contributed by atoms with Gasteiger partial charge in [-0.15, -0.1) is 11.3 Å². The van der Waals surface area contributed by atoms with Crippen LogP contribution in [0.15, 0.2) is 34.7 Å². The highest BCUT2D eigenvalue weighted by Gasteiger charge is 2.14. The van der Waals surface area contributed by atoms with Gasteiger partial charge in [0, 0.05) is 23.4 Å². The van der Waals surface area contributed by atoms with Crippen LogP contribution in [0, 0.1) is 5.82 Å². The SMILES string of the molecule is CS(=O)(=O)c1ccc(-c2nccs2)cc1F. The first kappa shape index (κ1) is 11.2. The molecule has 0 unspecified atom stereocenters. The Labute approximate surface area is 96.5 Å². The van der Waals surface area contributed by atoms with Gasteiger partial charge in [-0.05, 0) is 12.1 Å². The molecule has 0 saturated carbocycles. The molecule has 0 N–H and O–H groups in total. The van der Waals surface area contributed by atoms with E-state index < -0.39 is 15.7 Å². The lowest BCUT2D eigenvalue weighted by Crippen LogP contribution is -2.00.